The zero-order chi connectivity index (χ0) is 8.55. The van der Waals surface area contributed by atoms with Crippen molar-refractivity contribution in [2.24, 2.45) is 0 Å². The zero-order valence-corrected chi connectivity index (χ0v) is 7.46. The molecule has 1 aliphatic rings. The van der Waals surface area contributed by atoms with Crippen LogP contribution in [0.25, 0.3) is 0 Å². The van der Waals surface area contributed by atoms with Gasteiger partial charge in [0.05, 0.1) is 22.8 Å². The summed E-state index contributed by atoms with van der Waals surface area (Å²) < 4.78 is 0. The molecule has 2 nitrogen and oxygen atoms in total. The van der Waals surface area contributed by atoms with Gasteiger partial charge in [-0.15, -0.1) is 0 Å². The van der Waals surface area contributed by atoms with Crippen LogP contribution in [0.2, 0.25) is 0 Å². The van der Waals surface area contributed by atoms with Crippen LogP contribution in [-0.4, -0.2) is 9.97 Å². The van der Waals surface area contributed by atoms with Crippen LogP contribution in [0.1, 0.15) is 22.8 Å². The minimum absolute atomic E-state index is 0.948. The summed E-state index contributed by atoms with van der Waals surface area (Å²) in [5, 5.41) is 0. The van der Waals surface area contributed by atoms with E-state index in [1.807, 2.05) is 13.8 Å². The van der Waals surface area contributed by atoms with Gasteiger partial charge in [-0.05, 0) is 13.8 Å². The van der Waals surface area contributed by atoms with Crippen molar-refractivity contribution < 1.29 is 0 Å². The van der Waals surface area contributed by atoms with Crippen LogP contribution in [0.4, 0.5) is 0 Å². The van der Waals surface area contributed by atoms with Crippen molar-refractivity contribution in [3.05, 3.63) is 34.9 Å². The van der Waals surface area contributed by atoms with Crippen LogP contribution in [-0.2, 0) is 12.8 Å². The van der Waals surface area contributed by atoms with Crippen LogP contribution < -0.4 is 0 Å². The maximum atomic E-state index is 4.50. The van der Waals surface area contributed by atoms with Crippen molar-refractivity contribution in [2.75, 3.05) is 0 Å². The lowest BCUT2D eigenvalue weighted by molar-refractivity contribution is 0.885. The van der Waals surface area contributed by atoms with Gasteiger partial charge in [0.25, 0.3) is 0 Å². The number of aromatic nitrogens is 2. The van der Waals surface area contributed by atoms with Crippen molar-refractivity contribution in [1.82, 2.24) is 9.97 Å². The first-order valence-electron chi connectivity index (χ1n) is 4.25. The third-order valence-corrected chi connectivity index (χ3v) is 2.25. The highest BCUT2D eigenvalue weighted by Crippen LogP contribution is 2.13. The summed E-state index contributed by atoms with van der Waals surface area (Å²) in [7, 11) is 0. The number of nitrogens with zero attached hydrogens (tertiary/aromatic N) is 2. The molecule has 0 aliphatic heterocycles. The van der Waals surface area contributed by atoms with Crippen molar-refractivity contribution in [1.29, 1.82) is 0 Å². The Labute approximate surface area is 72.4 Å². The Morgan fingerprint density at radius 3 is 1.75 bits per heavy atom. The van der Waals surface area contributed by atoms with E-state index in [2.05, 4.69) is 22.1 Å². The molecule has 2 rings (SSSR count). The van der Waals surface area contributed by atoms with Crippen molar-refractivity contribution in [3.63, 3.8) is 0 Å². The van der Waals surface area contributed by atoms with Crippen LogP contribution in [0.3, 0.4) is 0 Å². The molecule has 0 spiro atoms. The highest BCUT2D eigenvalue weighted by Gasteiger charge is 2.09. The molecule has 0 radical (unpaired) electrons. The Morgan fingerprint density at radius 1 is 0.917 bits per heavy atom. The lowest BCUT2D eigenvalue weighted by Crippen LogP contribution is -2.07. The van der Waals surface area contributed by atoms with E-state index in [1.165, 1.54) is 0 Å². The average Bonchev–Trinajstić information content (AvgIpc) is 2.07. The lowest BCUT2D eigenvalue weighted by Gasteiger charge is -2.10. The molecule has 0 atom stereocenters. The van der Waals surface area contributed by atoms with E-state index >= 15 is 0 Å². The van der Waals surface area contributed by atoms with Crippen LogP contribution in [0, 0.1) is 13.8 Å². The van der Waals surface area contributed by atoms with E-state index in [0.29, 0.717) is 0 Å². The van der Waals surface area contributed by atoms with Gasteiger partial charge < -0.3 is 0 Å². The highest BCUT2D eigenvalue weighted by atomic mass is 14.8. The third kappa shape index (κ3) is 1.13. The monoisotopic (exact) mass is 160 g/mol. The van der Waals surface area contributed by atoms with Crippen LogP contribution >= 0.6 is 0 Å². The molecule has 12 heavy (non-hydrogen) atoms. The summed E-state index contributed by atoms with van der Waals surface area (Å²) in [5.74, 6) is 0. The van der Waals surface area contributed by atoms with E-state index in [9.17, 15) is 0 Å². The van der Waals surface area contributed by atoms with Crippen molar-refractivity contribution >= 4 is 0 Å². The van der Waals surface area contributed by atoms with Gasteiger partial charge >= 0.3 is 0 Å². The van der Waals surface area contributed by atoms with E-state index in [1.54, 1.807) is 0 Å². The lowest BCUT2D eigenvalue weighted by atomic mass is 10.1. The minimum Gasteiger partial charge on any atom is -0.254 e. The van der Waals surface area contributed by atoms with Gasteiger partial charge in [-0.25, -0.2) is 0 Å². The van der Waals surface area contributed by atoms with Gasteiger partial charge in [0.1, 0.15) is 0 Å². The summed E-state index contributed by atoms with van der Waals surface area (Å²) >= 11 is 0. The maximum Gasteiger partial charge on any atom is 0.0663 e. The molecular weight excluding hydrogens is 148 g/mol. The first-order chi connectivity index (χ1) is 5.77. The SMILES string of the molecule is Cc1nc2c(nc1C)CC=CC2. The fourth-order valence-electron chi connectivity index (χ4n) is 1.41. The molecule has 0 saturated carbocycles. The second kappa shape index (κ2) is 2.70. The van der Waals surface area contributed by atoms with Gasteiger partial charge in [-0.3, -0.25) is 9.97 Å². The predicted octanol–water partition coefficient (Wildman–Crippen LogP) is 1.75. The Hall–Kier alpha value is -1.18. The molecular formula is C10H12N2. The molecule has 0 amide bonds. The molecule has 62 valence electrons. The second-order valence-electron chi connectivity index (χ2n) is 3.17. The molecule has 0 N–H and O–H groups in total. The number of fused-ring (bicyclic) bond motifs is 1. The molecule has 1 aliphatic carbocycles. The van der Waals surface area contributed by atoms with Crippen molar-refractivity contribution in [3.8, 4) is 0 Å². The van der Waals surface area contributed by atoms with Gasteiger partial charge in [-0.2, -0.15) is 0 Å². The molecule has 0 saturated heterocycles. The number of rotatable bonds is 0. The standard InChI is InChI=1S/C10H12N2/c1-7-8(2)12-10-6-4-3-5-9(10)11-7/h3-4H,5-6H2,1-2H3. The van der Waals surface area contributed by atoms with Gasteiger partial charge in [0.2, 0.25) is 0 Å². The fraction of sp³-hybridized carbons (Fsp3) is 0.400. The Kier molecular flexibility index (Phi) is 1.68. The smallest absolute Gasteiger partial charge is 0.0663 e. The van der Waals surface area contributed by atoms with E-state index in [-0.39, 0.29) is 0 Å². The number of aryl methyl sites for hydroxylation is 2. The van der Waals surface area contributed by atoms with Gasteiger partial charge in [0.15, 0.2) is 0 Å². The van der Waals surface area contributed by atoms with Crippen LogP contribution in [0.5, 0.6) is 0 Å². The molecule has 1 aromatic heterocycles. The minimum atomic E-state index is 0.948. The van der Waals surface area contributed by atoms with E-state index < -0.39 is 0 Å². The first-order valence-corrected chi connectivity index (χ1v) is 4.25. The first kappa shape index (κ1) is 7.47. The Bertz CT molecular complexity index is 307. The number of allylic oxidation sites excluding steroid dienone is 2. The summed E-state index contributed by atoms with van der Waals surface area (Å²) in [6.07, 6.45) is 6.21. The number of hydrogen-bond acceptors (Lipinski definition) is 2. The Morgan fingerprint density at radius 2 is 1.33 bits per heavy atom. The molecule has 0 fully saturated rings. The molecule has 0 unspecified atom stereocenters. The predicted molar refractivity (Wildman–Crippen MR) is 48.1 cm³/mol. The van der Waals surface area contributed by atoms with Gasteiger partial charge in [-0.1, -0.05) is 12.2 Å². The fourth-order valence-corrected chi connectivity index (χ4v) is 1.41. The molecule has 2 heteroatoms. The molecule has 1 aromatic rings. The highest BCUT2D eigenvalue weighted by molar-refractivity contribution is 5.25. The summed E-state index contributed by atoms with van der Waals surface area (Å²) in [6, 6.07) is 0. The van der Waals surface area contributed by atoms with Crippen molar-refractivity contribution in [2.45, 2.75) is 26.7 Å². The topological polar surface area (TPSA) is 25.8 Å². The summed E-state index contributed by atoms with van der Waals surface area (Å²) in [6.45, 7) is 4.03. The quantitative estimate of drug-likeness (QED) is 0.540. The zero-order valence-electron chi connectivity index (χ0n) is 7.46. The molecule has 0 bridgehead atoms. The molecule has 0 aromatic carbocycles. The molecule has 1 heterocycles. The summed E-state index contributed by atoms with van der Waals surface area (Å²) in [4.78, 5) is 9.00. The largest absolute Gasteiger partial charge is 0.254 e. The van der Waals surface area contributed by atoms with Gasteiger partial charge in [0, 0.05) is 12.8 Å². The second-order valence-corrected chi connectivity index (χ2v) is 3.17. The number of hydrogen-bond donors (Lipinski definition) is 0. The average molecular weight is 160 g/mol. The summed E-state index contributed by atoms with van der Waals surface area (Å²) in [5.41, 5.74) is 4.43. The van der Waals surface area contributed by atoms with Crippen LogP contribution in [0.15, 0.2) is 12.2 Å². The van der Waals surface area contributed by atoms with E-state index in [0.717, 1.165) is 35.6 Å². The maximum absolute atomic E-state index is 4.50. The normalized spacial score (nSPS) is 14.5. The van der Waals surface area contributed by atoms with E-state index in [4.69, 9.17) is 0 Å². The Balaban J connectivity index is 2.53. The third-order valence-electron chi connectivity index (χ3n) is 2.25.